The van der Waals surface area contributed by atoms with Gasteiger partial charge in [0.15, 0.2) is 0 Å². The summed E-state index contributed by atoms with van der Waals surface area (Å²) in [5.74, 6) is 0. The molecule has 3 nitrogen and oxygen atoms in total. The molecule has 0 aromatic heterocycles. The Morgan fingerprint density at radius 1 is 1.00 bits per heavy atom. The van der Waals surface area contributed by atoms with Crippen molar-refractivity contribution in [2.75, 3.05) is 0 Å². The molecule has 0 saturated heterocycles. The fraction of sp³-hybridized carbons (Fsp3) is 0. The Bertz CT molecular complexity index is 15.5. The van der Waals surface area contributed by atoms with E-state index in [1.165, 1.54) is 0 Å². The molecule has 0 radical (unpaired) electrons. The molecule has 0 bridgehead atoms. The molecule has 0 amide bonds. The Labute approximate surface area is 71.2 Å². The summed E-state index contributed by atoms with van der Waals surface area (Å²) < 4.78 is 0. The van der Waals surface area contributed by atoms with Crippen LogP contribution in [0.4, 0.5) is 0 Å². The van der Waals surface area contributed by atoms with Crippen molar-refractivity contribution in [3.05, 3.63) is 0 Å². The average Bonchev–Trinajstić information content (AvgIpc) is 0.811. The van der Waals surface area contributed by atoms with E-state index in [0.717, 1.165) is 0 Å². The first kappa shape index (κ1) is 15.6. The topological polar surface area (TPSA) is 60.7 Å². The van der Waals surface area contributed by atoms with E-state index in [0.29, 0.717) is 0 Å². The van der Waals surface area contributed by atoms with Gasteiger partial charge in [0.25, 0.3) is 0 Å². The number of hydrogen-bond acceptors (Lipinski definition) is 3. The summed E-state index contributed by atoms with van der Waals surface area (Å²) in [7, 11) is -2.17. The van der Waals surface area contributed by atoms with E-state index in [1.54, 1.807) is 0 Å². The Morgan fingerprint density at radius 2 is 1.00 bits per heavy atom. The van der Waals surface area contributed by atoms with Gasteiger partial charge in [-0.1, -0.05) is 0 Å². The monoisotopic (exact) mass is 178 g/mol. The van der Waals surface area contributed by atoms with Gasteiger partial charge in [-0.3, -0.25) is 0 Å². The second-order valence-electron chi connectivity index (χ2n) is 0.346. The molecule has 3 N–H and O–H groups in total. The second kappa shape index (κ2) is 9.78. The SMILES string of the molecule is OB(O)O.[MgH2].[Zr]. The normalized spacial score (nSPS) is 4.50. The van der Waals surface area contributed by atoms with E-state index >= 15 is 0 Å². The van der Waals surface area contributed by atoms with Crippen LogP contribution in [0, 0.1) is 0 Å². The Hall–Kier alpha value is 1.59. The van der Waals surface area contributed by atoms with Crippen LogP contribution in [-0.4, -0.2) is 45.4 Å². The molecular weight excluding hydrogens is 174 g/mol. The predicted octanol–water partition coefficient (Wildman–Crippen LogP) is -2.97. The van der Waals surface area contributed by atoms with Gasteiger partial charge in [0, 0.05) is 26.2 Å². The van der Waals surface area contributed by atoms with E-state index in [4.69, 9.17) is 15.1 Å². The number of hydrogen-bond donors (Lipinski definition) is 3. The first-order chi connectivity index (χ1) is 1.73. The first-order valence-corrected chi connectivity index (χ1v) is 0.775. The maximum Gasteiger partial charge on any atom is 0.631 e. The van der Waals surface area contributed by atoms with Crippen molar-refractivity contribution >= 4 is 30.4 Å². The Balaban J connectivity index is -0.0000000450. The molecule has 0 aliphatic carbocycles. The summed E-state index contributed by atoms with van der Waals surface area (Å²) in [5, 5.41) is 21.5. The summed E-state index contributed by atoms with van der Waals surface area (Å²) in [6.07, 6.45) is 0. The molecule has 0 aromatic carbocycles. The Morgan fingerprint density at radius 3 is 1.00 bits per heavy atom. The van der Waals surface area contributed by atoms with Gasteiger partial charge in [-0.05, 0) is 0 Å². The molecule has 32 valence electrons. The smallest absolute Gasteiger partial charge is 0.402 e. The van der Waals surface area contributed by atoms with Gasteiger partial charge in [0.2, 0.25) is 0 Å². The van der Waals surface area contributed by atoms with E-state index in [1.807, 2.05) is 0 Å². The maximum absolute atomic E-state index is 7.17. The minimum absolute atomic E-state index is 0. The molecule has 0 aromatic rings. The molecule has 0 saturated carbocycles. The summed E-state index contributed by atoms with van der Waals surface area (Å²) in [4.78, 5) is 0. The van der Waals surface area contributed by atoms with Gasteiger partial charge in [-0.15, -0.1) is 0 Å². The van der Waals surface area contributed by atoms with E-state index in [2.05, 4.69) is 0 Å². The van der Waals surface area contributed by atoms with E-state index < -0.39 is 7.32 Å². The van der Waals surface area contributed by atoms with Gasteiger partial charge in [0.1, 0.15) is 0 Å². The maximum atomic E-state index is 7.17. The fourth-order valence-corrected chi connectivity index (χ4v) is 0. The molecule has 6 heteroatoms. The molecule has 0 unspecified atom stereocenters. The van der Waals surface area contributed by atoms with Gasteiger partial charge in [-0.2, -0.15) is 0 Å². The molecule has 0 aliphatic heterocycles. The van der Waals surface area contributed by atoms with Crippen LogP contribution in [0.2, 0.25) is 0 Å². The van der Waals surface area contributed by atoms with Gasteiger partial charge < -0.3 is 15.1 Å². The van der Waals surface area contributed by atoms with Crippen molar-refractivity contribution in [3.8, 4) is 0 Å². The molecule has 0 atom stereocenters. The predicted molar refractivity (Wildman–Crippen MR) is 21.0 cm³/mol. The summed E-state index contributed by atoms with van der Waals surface area (Å²) in [6, 6.07) is 0. The van der Waals surface area contributed by atoms with Crippen LogP contribution in [0.25, 0.3) is 0 Å². The van der Waals surface area contributed by atoms with Crippen LogP contribution in [0.1, 0.15) is 0 Å². The van der Waals surface area contributed by atoms with Crippen LogP contribution in [-0.2, 0) is 26.2 Å². The first-order valence-electron chi connectivity index (χ1n) is 0.775. The van der Waals surface area contributed by atoms with E-state index in [9.17, 15) is 0 Å². The zero-order valence-corrected chi connectivity index (χ0v) is 4.88. The molecule has 6 heavy (non-hydrogen) atoms. The van der Waals surface area contributed by atoms with Gasteiger partial charge in [0.05, 0.1) is 0 Å². The quantitative estimate of drug-likeness (QED) is 0.348. The van der Waals surface area contributed by atoms with Crippen LogP contribution < -0.4 is 0 Å². The molecule has 0 rings (SSSR count). The van der Waals surface area contributed by atoms with Crippen LogP contribution >= 0.6 is 0 Å². The second-order valence-corrected chi connectivity index (χ2v) is 0.346. The van der Waals surface area contributed by atoms with Crippen molar-refractivity contribution in [3.63, 3.8) is 0 Å². The third-order valence-corrected chi connectivity index (χ3v) is 0. The largest absolute Gasteiger partial charge is 0.631 e. The van der Waals surface area contributed by atoms with Crippen molar-refractivity contribution < 1.29 is 41.3 Å². The van der Waals surface area contributed by atoms with Crippen LogP contribution in [0.3, 0.4) is 0 Å². The standard InChI is InChI=1S/BH3O3.Mg.Zr.2H/c2-1(3)4;;;;/h2-4H;;;;. The molecule has 0 spiro atoms. The summed E-state index contributed by atoms with van der Waals surface area (Å²) in [6.45, 7) is 0. The Kier molecular flexibility index (Phi) is 25.5. The van der Waals surface area contributed by atoms with Crippen molar-refractivity contribution in [1.29, 1.82) is 0 Å². The van der Waals surface area contributed by atoms with Crippen molar-refractivity contribution in [2.24, 2.45) is 0 Å². The minimum Gasteiger partial charge on any atom is -0.402 e. The zero-order valence-electron chi connectivity index (χ0n) is 2.42. The summed E-state index contributed by atoms with van der Waals surface area (Å²) in [5.41, 5.74) is 0. The zero-order chi connectivity index (χ0) is 3.58. The summed E-state index contributed by atoms with van der Waals surface area (Å²) >= 11 is 0. The minimum atomic E-state index is -2.17. The fourth-order valence-electron chi connectivity index (χ4n) is 0. The molecule has 0 fully saturated rings. The van der Waals surface area contributed by atoms with Crippen molar-refractivity contribution in [2.45, 2.75) is 0 Å². The van der Waals surface area contributed by atoms with Crippen LogP contribution in [0.5, 0.6) is 0 Å². The molecular formula is H5BMgO3Zr. The van der Waals surface area contributed by atoms with Crippen molar-refractivity contribution in [1.82, 2.24) is 0 Å². The van der Waals surface area contributed by atoms with Gasteiger partial charge >= 0.3 is 30.4 Å². The molecule has 0 heterocycles. The van der Waals surface area contributed by atoms with Gasteiger partial charge in [-0.25, -0.2) is 0 Å². The number of rotatable bonds is 0. The third-order valence-electron chi connectivity index (χ3n) is 0. The average molecular weight is 179 g/mol. The van der Waals surface area contributed by atoms with Crippen LogP contribution in [0.15, 0.2) is 0 Å². The third kappa shape index (κ3) is 46.5. The molecule has 0 aliphatic rings. The van der Waals surface area contributed by atoms with E-state index in [-0.39, 0.29) is 49.3 Å².